The summed E-state index contributed by atoms with van der Waals surface area (Å²) in [4.78, 5) is 96.8. The van der Waals surface area contributed by atoms with Crippen molar-refractivity contribution in [2.45, 2.75) is 0 Å². The van der Waals surface area contributed by atoms with E-state index < -0.39 is 5.09 Å². The first-order chi connectivity index (χ1) is 63.5. The van der Waals surface area contributed by atoms with Crippen LogP contribution in [0.4, 0.5) is 0 Å². The molecule has 0 bridgehead atoms. The number of nitrogens with zero attached hydrogens (tertiary/aromatic N) is 13. The average Bonchev–Trinajstić information content (AvgIpc) is 1.68. The summed E-state index contributed by atoms with van der Waals surface area (Å²) in [6.45, 7) is 0. The molecule has 12 aromatic heterocycles. The minimum Gasteiger partial charge on any atom is -0.870 e. The van der Waals surface area contributed by atoms with E-state index in [1.165, 1.54) is 36.5 Å². The minimum absolute atomic E-state index is 0. The summed E-state index contributed by atoms with van der Waals surface area (Å²) < 4.78 is 0. The summed E-state index contributed by atoms with van der Waals surface area (Å²) in [7, 11) is 0. The van der Waals surface area contributed by atoms with Gasteiger partial charge in [-0.25, -0.2) is 59.8 Å². The van der Waals surface area contributed by atoms with Crippen molar-refractivity contribution in [1.82, 2.24) is 120 Å². The molecule has 0 unspecified atom stereocenters. The Morgan fingerprint density at radius 1 is 0.190 bits per heavy atom. The second-order valence-corrected chi connectivity index (χ2v) is 28.7. The molecule has 2 radical (unpaired) electrons. The standard InChI is InChI=1S/6C16H12N4O.NO3.5Ni.7H2O/c6*21-14(16-19-12-7-3-4-8-13(12)20-16)9-15-17-10-5-1-2-6-11(10)18-15;2-1(3)4;;;;;;;;;;;;/h6*1-9,21H,(H,17,18)(H,19,20);;;;;;;7*1H2/q;;;;;;-1;3*+2;2*+3;;;;;;;/p-11/b6*14-9-;;;;;;;;;;;;;. The van der Waals surface area contributed by atoms with Crippen LogP contribution in [0.5, 0.6) is 0 Å². The van der Waals surface area contributed by atoms with Crippen LogP contribution in [0, 0.1) is 15.3 Å². The van der Waals surface area contributed by atoms with E-state index in [2.05, 4.69) is 120 Å². The van der Waals surface area contributed by atoms with Crippen LogP contribution in [0.15, 0.2) is 291 Å². The van der Waals surface area contributed by atoms with Crippen LogP contribution in [0.3, 0.4) is 0 Å². The maximum atomic E-state index is 12.3. The molecule has 0 atom stereocenters. The van der Waals surface area contributed by atoms with Crippen LogP contribution in [0.2, 0.25) is 0 Å². The molecule has 730 valence electrons. The summed E-state index contributed by atoms with van der Waals surface area (Å²) in [5.74, 6) is 3.85. The fraction of sp³-hybridized carbons (Fsp3) is 0. The van der Waals surface area contributed by atoms with E-state index in [1.54, 1.807) is 0 Å². The molecule has 24 aromatic rings. The molecule has 0 spiro atoms. The van der Waals surface area contributed by atoms with Crippen molar-refractivity contribution in [3.05, 3.63) is 376 Å². The molecule has 12 heterocycles. The molecule has 12 aromatic carbocycles. The van der Waals surface area contributed by atoms with Gasteiger partial charge in [-0.2, -0.15) is 0 Å². The van der Waals surface area contributed by atoms with Crippen molar-refractivity contribution in [3.63, 3.8) is 0 Å². The van der Waals surface area contributed by atoms with E-state index in [9.17, 15) is 30.6 Å². The molecule has 0 saturated heterocycles. The molecule has 0 saturated carbocycles. The van der Waals surface area contributed by atoms with E-state index in [0.29, 0.717) is 69.9 Å². The number of H-pyrrole nitrogens is 12. The number of rotatable bonds is 12. The molecule has 24 rings (SSSR count). The summed E-state index contributed by atoms with van der Waals surface area (Å²) in [5, 5.41) is 88.3. The Morgan fingerprint density at radius 2 is 0.282 bits per heavy atom. The molecular weight excluding hydrogens is 2050 g/mol. The molecule has 0 aliphatic heterocycles. The number of para-hydroxylation sites is 24. The van der Waals surface area contributed by atoms with Gasteiger partial charge in [0.1, 0.15) is 69.9 Å². The topological polar surface area (TPSA) is 762 Å². The summed E-state index contributed by atoms with van der Waals surface area (Å²) in [6, 6.07) is 91.2. The quantitative estimate of drug-likeness (QED) is 0.0234. The van der Waals surface area contributed by atoms with Crippen LogP contribution >= 0.6 is 0 Å². The molecule has 0 aliphatic carbocycles. The fourth-order valence-electron chi connectivity index (χ4n) is 13.8. The first-order valence-electron chi connectivity index (χ1n) is 40.0. The zero-order chi connectivity index (χ0) is 89.0. The van der Waals surface area contributed by atoms with Gasteiger partial charge >= 0.3 is 82.5 Å². The summed E-state index contributed by atoms with van der Waals surface area (Å²) >= 11 is 0. The van der Waals surface area contributed by atoms with Gasteiger partial charge in [0, 0.05) is 0 Å². The van der Waals surface area contributed by atoms with Crippen LogP contribution in [-0.4, -0.2) is 163 Å². The van der Waals surface area contributed by atoms with Crippen molar-refractivity contribution in [3.8, 4) is 0 Å². The molecule has 142 heavy (non-hydrogen) atoms. The van der Waals surface area contributed by atoms with Gasteiger partial charge < -0.3 is 144 Å². The second-order valence-electron chi connectivity index (χ2n) is 28.7. The van der Waals surface area contributed by atoms with E-state index in [1.807, 2.05) is 291 Å². The Morgan fingerprint density at radius 3 is 0.380 bits per heavy atom. The van der Waals surface area contributed by atoms with Crippen LogP contribution in [-0.2, 0) is 82.5 Å². The Kier molecular flexibility index (Phi) is 41.5. The first kappa shape index (κ1) is 114. The number of fused-ring (bicyclic) bond motifs is 12. The van der Waals surface area contributed by atoms with Gasteiger partial charge in [-0.15, -0.1) is 0 Å². The molecule has 0 aliphatic rings. The van der Waals surface area contributed by atoms with Crippen molar-refractivity contribution in [2.75, 3.05) is 0 Å². The largest absolute Gasteiger partial charge is 3.00 e. The number of aromatic nitrogens is 24. The Labute approximate surface area is 849 Å². The maximum absolute atomic E-state index is 12.3. The van der Waals surface area contributed by atoms with Crippen molar-refractivity contribution in [1.29, 1.82) is 0 Å². The number of benzene rings is 12. The summed E-state index contributed by atoms with van der Waals surface area (Å²) in [6.07, 6.45) is 8.74. The molecule has 0 amide bonds. The number of nitrogens with one attached hydrogen (secondary N) is 12. The number of hydrogen-bond donors (Lipinski definition) is 12. The third-order valence-corrected chi connectivity index (χ3v) is 19.8. The Hall–Kier alpha value is -17.1. The molecule has 46 heteroatoms. The molecular formula is C96H75N25Ni5O16. The third kappa shape index (κ3) is 27.2. The fourth-order valence-corrected chi connectivity index (χ4v) is 13.8. The molecule has 0 fully saturated rings. The monoisotopic (exact) mass is 2120 g/mol. The second kappa shape index (κ2) is 51.9. The van der Waals surface area contributed by atoms with Gasteiger partial charge in [-0.05, 0) is 182 Å². The normalized spacial score (nSPS) is 11.1. The smallest absolute Gasteiger partial charge is 0.870 e. The van der Waals surface area contributed by atoms with E-state index in [4.69, 9.17) is 15.3 Å². The van der Waals surface area contributed by atoms with Gasteiger partial charge in [0.15, 0.2) is 0 Å². The van der Waals surface area contributed by atoms with Crippen LogP contribution < -0.4 is 30.6 Å². The van der Waals surface area contributed by atoms with E-state index >= 15 is 0 Å². The van der Waals surface area contributed by atoms with E-state index in [-0.39, 0.29) is 155 Å². The number of hydrogen-bond acceptors (Lipinski definition) is 26. The van der Waals surface area contributed by atoms with Crippen molar-refractivity contribution in [2.24, 2.45) is 0 Å². The maximum Gasteiger partial charge on any atom is 3.00 e. The molecule has 41 nitrogen and oxygen atoms in total. The zero-order valence-corrected chi connectivity index (χ0v) is 77.4. The predicted molar refractivity (Wildman–Crippen MR) is 508 cm³/mol. The predicted octanol–water partition coefficient (Wildman–Crippen LogP) is 11.0. The van der Waals surface area contributed by atoms with Gasteiger partial charge in [0.25, 0.3) is 0 Å². The molecule has 21 N–H and O–H groups in total. The third-order valence-electron chi connectivity index (χ3n) is 19.8. The number of imidazole rings is 12. The first-order valence-corrected chi connectivity index (χ1v) is 40.0. The van der Waals surface area contributed by atoms with Gasteiger partial charge in [0.05, 0.1) is 137 Å². The van der Waals surface area contributed by atoms with Crippen molar-refractivity contribution < 1.29 is 157 Å². The minimum atomic E-state index is -1.75. The SMILES string of the molecule is O.O.O=[N+]([O-])[O-].[Ni+2].[Ni+2].[Ni+2].[Ni+3].[Ni+3].[O-]/C(=C\c1nc2ccccc2[nH]1)c1nc2ccccc2[nH]1.[O-]/C(=C\c1nc2ccccc2[nH]1)c1nc2ccccc2[nH]1.[O-]/C(=C\c1nc2ccccc2[nH]1)c1nc2ccccc2[nH]1.[O-]/C(=C\c1nc2ccccc2[nH]1)c1nc2ccccc2[nH]1.[O-]/C(=C\c1nc2ccccc2[nH]1)c1nc2ccccc2[nH]1.[O-]/C(=C\c1nc2ccccc2[nH]1)c1nc2ccccc2[nH]1.[OH-].[OH-].[OH-].[OH-].[OH-]. The van der Waals surface area contributed by atoms with Crippen LogP contribution in [0.1, 0.15) is 69.9 Å². The Balaban J connectivity index is 0.000000254. The van der Waals surface area contributed by atoms with Crippen LogP contribution in [0.25, 0.3) is 203 Å². The van der Waals surface area contributed by atoms with Crippen molar-refractivity contribution >= 4 is 203 Å². The van der Waals surface area contributed by atoms with Gasteiger partial charge in [-0.3, -0.25) is 0 Å². The zero-order valence-electron chi connectivity index (χ0n) is 72.5. The van der Waals surface area contributed by atoms with Gasteiger partial charge in [-0.1, -0.05) is 180 Å². The summed E-state index contributed by atoms with van der Waals surface area (Å²) in [5.41, 5.74) is 20.2. The van der Waals surface area contributed by atoms with Gasteiger partial charge in [0.2, 0.25) is 0 Å². The Bertz CT molecular complexity index is 6820. The van der Waals surface area contributed by atoms with E-state index in [0.717, 1.165) is 132 Å². The average molecular weight is 2130 g/mol. The number of aromatic amines is 12.